The molecule has 2 rings (SSSR count). The van der Waals surface area contributed by atoms with E-state index in [-0.39, 0.29) is 5.69 Å². The molecular formula is C16H12ClNO4. The van der Waals surface area contributed by atoms with Crippen LogP contribution in [0.5, 0.6) is 5.75 Å². The molecule has 5 nitrogen and oxygen atoms in total. The molecule has 0 amide bonds. The fraction of sp³-hybridized carbons (Fsp3) is 0.0625. The van der Waals surface area contributed by atoms with E-state index in [9.17, 15) is 14.9 Å². The predicted molar refractivity (Wildman–Crippen MR) is 83.8 cm³/mol. The van der Waals surface area contributed by atoms with Gasteiger partial charge in [-0.05, 0) is 42.3 Å². The van der Waals surface area contributed by atoms with E-state index in [1.807, 2.05) is 0 Å². The van der Waals surface area contributed by atoms with Crippen LogP contribution in [0.2, 0.25) is 5.02 Å². The lowest BCUT2D eigenvalue weighted by molar-refractivity contribution is -0.384. The Labute approximate surface area is 131 Å². The Balaban J connectivity index is 2.14. The number of rotatable bonds is 4. The number of hydrogen-bond donors (Lipinski definition) is 0. The van der Waals surface area contributed by atoms with Crippen molar-refractivity contribution < 1.29 is 14.5 Å². The second kappa shape index (κ2) is 6.87. The predicted octanol–water partition coefficient (Wildman–Crippen LogP) is 4.26. The number of halogens is 1. The summed E-state index contributed by atoms with van der Waals surface area (Å²) in [6.45, 7) is 1.68. The molecule has 2 aromatic carbocycles. The molecule has 0 aromatic heterocycles. The van der Waals surface area contributed by atoms with E-state index in [2.05, 4.69) is 0 Å². The van der Waals surface area contributed by atoms with Gasteiger partial charge < -0.3 is 4.74 Å². The highest BCUT2D eigenvalue weighted by molar-refractivity contribution is 6.30. The first-order chi connectivity index (χ1) is 10.5. The standard InChI is InChI=1S/C16H12ClNO4/c1-11(12-3-2-4-14(10-12)18(20)21)9-16(19)22-15-7-5-13(17)6-8-15/h2-10H,1H3. The highest BCUT2D eigenvalue weighted by Gasteiger charge is 2.08. The number of ether oxygens (including phenoxy) is 1. The molecule has 0 bridgehead atoms. The molecular weight excluding hydrogens is 306 g/mol. The summed E-state index contributed by atoms with van der Waals surface area (Å²) >= 11 is 5.75. The van der Waals surface area contributed by atoms with Gasteiger partial charge in [0.15, 0.2) is 0 Å². The normalized spacial score (nSPS) is 11.1. The van der Waals surface area contributed by atoms with Gasteiger partial charge in [-0.2, -0.15) is 0 Å². The van der Waals surface area contributed by atoms with E-state index in [0.717, 1.165) is 0 Å². The maximum atomic E-state index is 11.8. The van der Waals surface area contributed by atoms with Crippen LogP contribution in [0.4, 0.5) is 5.69 Å². The smallest absolute Gasteiger partial charge is 0.336 e. The second-order valence-corrected chi connectivity index (χ2v) is 4.95. The lowest BCUT2D eigenvalue weighted by atomic mass is 10.1. The molecule has 0 spiro atoms. The topological polar surface area (TPSA) is 69.4 Å². The van der Waals surface area contributed by atoms with Crippen LogP contribution in [0.25, 0.3) is 5.57 Å². The molecule has 0 heterocycles. The lowest BCUT2D eigenvalue weighted by Gasteiger charge is -2.04. The van der Waals surface area contributed by atoms with E-state index in [0.29, 0.717) is 21.9 Å². The molecule has 0 saturated carbocycles. The Bertz CT molecular complexity index is 738. The number of nitro benzene ring substituents is 1. The number of nitrogens with zero attached hydrogens (tertiary/aromatic N) is 1. The van der Waals surface area contributed by atoms with Crippen LogP contribution in [-0.2, 0) is 4.79 Å². The summed E-state index contributed by atoms with van der Waals surface area (Å²) in [5.74, 6) is -0.191. The monoisotopic (exact) mass is 317 g/mol. The van der Waals surface area contributed by atoms with Crippen LogP contribution >= 0.6 is 11.6 Å². The van der Waals surface area contributed by atoms with Gasteiger partial charge in [-0.3, -0.25) is 10.1 Å². The molecule has 0 aliphatic carbocycles. The minimum Gasteiger partial charge on any atom is -0.423 e. The average Bonchev–Trinajstić information content (AvgIpc) is 2.49. The Hall–Kier alpha value is -2.66. The molecule has 0 N–H and O–H groups in total. The summed E-state index contributed by atoms with van der Waals surface area (Å²) in [4.78, 5) is 22.1. The van der Waals surface area contributed by atoms with Crippen LogP contribution in [-0.4, -0.2) is 10.9 Å². The Morgan fingerprint density at radius 2 is 1.91 bits per heavy atom. The number of hydrogen-bond acceptors (Lipinski definition) is 4. The maximum absolute atomic E-state index is 11.8. The van der Waals surface area contributed by atoms with Gasteiger partial charge >= 0.3 is 5.97 Å². The lowest BCUT2D eigenvalue weighted by Crippen LogP contribution is -2.04. The van der Waals surface area contributed by atoms with Gasteiger partial charge in [0.25, 0.3) is 5.69 Å². The molecule has 6 heteroatoms. The SMILES string of the molecule is CC(=CC(=O)Oc1ccc(Cl)cc1)c1cccc([N+](=O)[O-])c1. The first-order valence-corrected chi connectivity index (χ1v) is 6.74. The van der Waals surface area contributed by atoms with Crippen molar-refractivity contribution in [3.05, 3.63) is 75.3 Å². The molecule has 0 fully saturated rings. The number of carbonyl (C=O) groups is 1. The molecule has 0 aliphatic rings. The third-order valence-electron chi connectivity index (χ3n) is 2.88. The molecule has 22 heavy (non-hydrogen) atoms. The maximum Gasteiger partial charge on any atom is 0.336 e. The first-order valence-electron chi connectivity index (χ1n) is 6.36. The third kappa shape index (κ3) is 4.17. The molecule has 0 radical (unpaired) electrons. The van der Waals surface area contributed by atoms with E-state index < -0.39 is 10.9 Å². The van der Waals surface area contributed by atoms with Crippen molar-refractivity contribution >= 4 is 28.8 Å². The Morgan fingerprint density at radius 3 is 2.55 bits per heavy atom. The van der Waals surface area contributed by atoms with E-state index in [1.54, 1.807) is 43.3 Å². The number of non-ortho nitro benzene ring substituents is 1. The van der Waals surface area contributed by atoms with Gasteiger partial charge in [-0.1, -0.05) is 23.7 Å². The number of nitro groups is 1. The number of allylic oxidation sites excluding steroid dienone is 1. The minimum absolute atomic E-state index is 0.0312. The summed E-state index contributed by atoms with van der Waals surface area (Å²) in [7, 11) is 0. The zero-order chi connectivity index (χ0) is 16.1. The molecule has 2 aromatic rings. The number of carbonyl (C=O) groups excluding carboxylic acids is 1. The molecule has 0 aliphatic heterocycles. The Morgan fingerprint density at radius 1 is 1.23 bits per heavy atom. The van der Waals surface area contributed by atoms with E-state index in [1.165, 1.54) is 18.2 Å². The third-order valence-corrected chi connectivity index (χ3v) is 3.13. The quantitative estimate of drug-likeness (QED) is 0.278. The van der Waals surface area contributed by atoms with Crippen molar-refractivity contribution in [2.45, 2.75) is 6.92 Å². The van der Waals surface area contributed by atoms with Crippen molar-refractivity contribution in [3.8, 4) is 5.75 Å². The first kappa shape index (κ1) is 15.7. The van der Waals surface area contributed by atoms with Crippen molar-refractivity contribution in [2.24, 2.45) is 0 Å². The summed E-state index contributed by atoms with van der Waals surface area (Å²) in [5.41, 5.74) is 1.13. The highest BCUT2D eigenvalue weighted by Crippen LogP contribution is 2.20. The van der Waals surface area contributed by atoms with Gasteiger partial charge in [0.05, 0.1) is 4.92 Å². The summed E-state index contributed by atoms with van der Waals surface area (Å²) in [6.07, 6.45) is 1.29. The average molecular weight is 318 g/mol. The largest absolute Gasteiger partial charge is 0.423 e. The summed E-state index contributed by atoms with van der Waals surface area (Å²) < 4.78 is 5.13. The molecule has 0 unspecified atom stereocenters. The van der Waals surface area contributed by atoms with Crippen LogP contribution < -0.4 is 4.74 Å². The van der Waals surface area contributed by atoms with Crippen LogP contribution in [0, 0.1) is 10.1 Å². The van der Waals surface area contributed by atoms with Crippen LogP contribution in [0.15, 0.2) is 54.6 Å². The molecule has 112 valence electrons. The second-order valence-electron chi connectivity index (χ2n) is 4.51. The molecule has 0 atom stereocenters. The summed E-state index contributed by atoms with van der Waals surface area (Å²) in [5, 5.41) is 11.3. The molecule has 0 saturated heterocycles. The Kier molecular flexibility index (Phi) is 4.91. The minimum atomic E-state index is -0.564. The van der Waals surface area contributed by atoms with Crippen molar-refractivity contribution in [3.63, 3.8) is 0 Å². The highest BCUT2D eigenvalue weighted by atomic mass is 35.5. The van der Waals surface area contributed by atoms with Gasteiger partial charge in [0, 0.05) is 23.2 Å². The fourth-order valence-corrected chi connectivity index (χ4v) is 1.90. The number of benzene rings is 2. The van der Waals surface area contributed by atoms with Gasteiger partial charge in [0.1, 0.15) is 5.75 Å². The summed E-state index contributed by atoms with van der Waals surface area (Å²) in [6, 6.07) is 12.4. The van der Waals surface area contributed by atoms with E-state index in [4.69, 9.17) is 16.3 Å². The van der Waals surface area contributed by atoms with Crippen molar-refractivity contribution in [1.29, 1.82) is 0 Å². The van der Waals surface area contributed by atoms with Gasteiger partial charge in [-0.15, -0.1) is 0 Å². The van der Waals surface area contributed by atoms with Crippen LogP contribution in [0.1, 0.15) is 12.5 Å². The van der Waals surface area contributed by atoms with Crippen molar-refractivity contribution in [2.75, 3.05) is 0 Å². The zero-order valence-corrected chi connectivity index (χ0v) is 12.4. The zero-order valence-electron chi connectivity index (χ0n) is 11.7. The fourth-order valence-electron chi connectivity index (χ4n) is 1.77. The van der Waals surface area contributed by atoms with E-state index >= 15 is 0 Å². The van der Waals surface area contributed by atoms with Gasteiger partial charge in [0.2, 0.25) is 0 Å². The number of esters is 1. The van der Waals surface area contributed by atoms with Crippen LogP contribution in [0.3, 0.4) is 0 Å². The van der Waals surface area contributed by atoms with Gasteiger partial charge in [-0.25, -0.2) is 4.79 Å². The van der Waals surface area contributed by atoms with Crippen molar-refractivity contribution in [1.82, 2.24) is 0 Å².